The molecule has 3 aromatic rings. The van der Waals surface area contributed by atoms with Crippen LogP contribution in [0.2, 0.25) is 0 Å². The Morgan fingerprint density at radius 3 is 2.20 bits per heavy atom. The van der Waals surface area contributed by atoms with E-state index in [1.807, 2.05) is 33.2 Å². The zero-order valence-electron chi connectivity index (χ0n) is 25.1. The minimum absolute atomic E-state index is 0. The number of likely N-dealkylation sites (tertiary alicyclic amines) is 1. The molecular formula is C34H37ClF2N4O3. The van der Waals surface area contributed by atoms with Gasteiger partial charge in [-0.25, -0.2) is 8.78 Å². The Labute approximate surface area is 262 Å². The molecule has 10 heteroatoms. The van der Waals surface area contributed by atoms with Crippen LogP contribution in [0, 0.1) is 6.92 Å². The number of para-hydroxylation sites is 1. The third-order valence-corrected chi connectivity index (χ3v) is 8.33. The summed E-state index contributed by atoms with van der Waals surface area (Å²) in [7, 11) is 4.00. The molecule has 44 heavy (non-hydrogen) atoms. The number of rotatable bonds is 5. The molecule has 3 amide bonds. The van der Waals surface area contributed by atoms with Crippen molar-refractivity contribution in [3.8, 4) is 0 Å². The fraction of sp³-hybridized carbons (Fsp3) is 0.324. The van der Waals surface area contributed by atoms with Crippen molar-refractivity contribution in [2.75, 3.05) is 43.9 Å². The van der Waals surface area contributed by atoms with Gasteiger partial charge in [0.25, 0.3) is 17.7 Å². The van der Waals surface area contributed by atoms with Crippen molar-refractivity contribution in [2.45, 2.75) is 38.2 Å². The highest BCUT2D eigenvalue weighted by Crippen LogP contribution is 2.43. The summed E-state index contributed by atoms with van der Waals surface area (Å²) in [6.45, 7) is 2.63. The predicted octanol–water partition coefficient (Wildman–Crippen LogP) is 6.29. The topological polar surface area (TPSA) is 73.0 Å². The van der Waals surface area contributed by atoms with Crippen LogP contribution >= 0.6 is 12.4 Å². The summed E-state index contributed by atoms with van der Waals surface area (Å²) in [5.74, 6) is -4.47. The molecule has 7 nitrogen and oxygen atoms in total. The summed E-state index contributed by atoms with van der Waals surface area (Å²) in [5, 5.41) is 2.83. The van der Waals surface area contributed by atoms with Crippen molar-refractivity contribution in [1.82, 2.24) is 9.80 Å². The molecule has 1 fully saturated rings. The van der Waals surface area contributed by atoms with Gasteiger partial charge >= 0.3 is 0 Å². The number of allylic oxidation sites excluding steroid dienone is 1. The number of aryl methyl sites for hydroxylation is 1. The molecule has 1 saturated heterocycles. The molecule has 2 heterocycles. The number of alkyl halides is 2. The number of hydrogen-bond acceptors (Lipinski definition) is 4. The first-order valence-electron chi connectivity index (χ1n) is 14.5. The van der Waals surface area contributed by atoms with Gasteiger partial charge in [-0.3, -0.25) is 14.4 Å². The quantitative estimate of drug-likeness (QED) is 0.340. The molecule has 232 valence electrons. The molecule has 5 rings (SSSR count). The number of fused-ring (bicyclic) bond motifs is 1. The number of nitrogens with one attached hydrogen (secondary N) is 1. The average Bonchev–Trinajstić information content (AvgIpc) is 3.11. The van der Waals surface area contributed by atoms with Gasteiger partial charge in [0.15, 0.2) is 0 Å². The van der Waals surface area contributed by atoms with Crippen LogP contribution in [0.1, 0.15) is 51.1 Å². The van der Waals surface area contributed by atoms with Crippen molar-refractivity contribution in [3.05, 3.63) is 101 Å². The number of amides is 3. The lowest BCUT2D eigenvalue weighted by molar-refractivity contribution is -0.127. The first-order chi connectivity index (χ1) is 20.5. The molecule has 0 unspecified atom stereocenters. The molecule has 0 aromatic heterocycles. The third-order valence-electron chi connectivity index (χ3n) is 8.33. The fourth-order valence-electron chi connectivity index (χ4n) is 5.73. The van der Waals surface area contributed by atoms with Gasteiger partial charge < -0.3 is 20.0 Å². The van der Waals surface area contributed by atoms with Crippen molar-refractivity contribution >= 4 is 47.1 Å². The Kier molecular flexibility index (Phi) is 10.2. The zero-order valence-corrected chi connectivity index (χ0v) is 25.9. The third kappa shape index (κ3) is 7.00. The maximum Gasteiger partial charge on any atom is 0.275 e. The van der Waals surface area contributed by atoms with Crippen LogP contribution in [0.5, 0.6) is 0 Å². The lowest BCUT2D eigenvalue weighted by atomic mass is 9.96. The van der Waals surface area contributed by atoms with Crippen LogP contribution in [-0.4, -0.2) is 73.2 Å². The Bertz CT molecular complexity index is 1550. The van der Waals surface area contributed by atoms with E-state index in [2.05, 4.69) is 10.2 Å². The van der Waals surface area contributed by atoms with Gasteiger partial charge in [-0.05, 0) is 75.8 Å². The van der Waals surface area contributed by atoms with E-state index in [1.54, 1.807) is 59.5 Å². The summed E-state index contributed by atoms with van der Waals surface area (Å²) in [5.41, 5.74) is 2.30. The van der Waals surface area contributed by atoms with E-state index in [1.165, 1.54) is 11.0 Å². The highest BCUT2D eigenvalue weighted by Gasteiger charge is 2.42. The summed E-state index contributed by atoms with van der Waals surface area (Å²) >= 11 is 0. The molecule has 1 N–H and O–H groups in total. The smallest absolute Gasteiger partial charge is 0.275 e. The minimum atomic E-state index is -3.31. The molecule has 3 aromatic carbocycles. The molecule has 2 aliphatic rings. The number of halogens is 3. The van der Waals surface area contributed by atoms with Gasteiger partial charge in [-0.2, -0.15) is 0 Å². The Hall–Kier alpha value is -4.08. The van der Waals surface area contributed by atoms with Crippen molar-refractivity contribution in [3.63, 3.8) is 0 Å². The SMILES string of the molecule is Cc1ccccc1C(=O)Nc1ccc(C(=O)N2CCC(F)(F)/C(=C\C(=O)N3CCC(N(C)C)CC3)c3ccccc32)cc1.Cl. The summed E-state index contributed by atoms with van der Waals surface area (Å²) in [6, 6.07) is 20.5. The molecule has 0 radical (unpaired) electrons. The lowest BCUT2D eigenvalue weighted by Crippen LogP contribution is -2.44. The van der Waals surface area contributed by atoms with Crippen LogP contribution in [0.25, 0.3) is 5.57 Å². The number of benzene rings is 3. The van der Waals surface area contributed by atoms with Gasteiger partial charge in [0.2, 0.25) is 5.91 Å². The van der Waals surface area contributed by atoms with Gasteiger partial charge in [-0.1, -0.05) is 36.4 Å². The van der Waals surface area contributed by atoms with E-state index in [-0.39, 0.29) is 36.0 Å². The number of carbonyl (C=O) groups is 3. The van der Waals surface area contributed by atoms with Crippen LogP contribution in [-0.2, 0) is 4.79 Å². The van der Waals surface area contributed by atoms with E-state index < -0.39 is 24.2 Å². The Morgan fingerprint density at radius 2 is 1.55 bits per heavy atom. The number of anilines is 2. The maximum absolute atomic E-state index is 15.7. The van der Waals surface area contributed by atoms with E-state index in [0.717, 1.165) is 24.5 Å². The molecule has 2 aliphatic heterocycles. The van der Waals surface area contributed by atoms with Crippen LogP contribution in [0.3, 0.4) is 0 Å². The van der Waals surface area contributed by atoms with Gasteiger partial charge in [0, 0.05) is 66.1 Å². The lowest BCUT2D eigenvalue weighted by Gasteiger charge is -2.35. The van der Waals surface area contributed by atoms with E-state index in [9.17, 15) is 14.4 Å². The Balaban J connectivity index is 0.00000442. The summed E-state index contributed by atoms with van der Waals surface area (Å²) < 4.78 is 31.3. The maximum atomic E-state index is 15.7. The summed E-state index contributed by atoms with van der Waals surface area (Å²) in [6.07, 6.45) is 2.01. The van der Waals surface area contributed by atoms with Gasteiger partial charge in [-0.15, -0.1) is 12.4 Å². The van der Waals surface area contributed by atoms with Crippen molar-refractivity contribution < 1.29 is 23.2 Å². The molecule has 0 saturated carbocycles. The summed E-state index contributed by atoms with van der Waals surface area (Å²) in [4.78, 5) is 44.7. The van der Waals surface area contributed by atoms with Crippen LogP contribution in [0.4, 0.5) is 20.2 Å². The van der Waals surface area contributed by atoms with E-state index in [0.29, 0.717) is 41.6 Å². The van der Waals surface area contributed by atoms with Gasteiger partial charge in [0.05, 0.1) is 5.69 Å². The average molecular weight is 623 g/mol. The molecule has 0 aliphatic carbocycles. The zero-order chi connectivity index (χ0) is 30.7. The van der Waals surface area contributed by atoms with Gasteiger partial charge in [0.1, 0.15) is 0 Å². The number of piperidine rings is 1. The monoisotopic (exact) mass is 622 g/mol. The largest absolute Gasteiger partial charge is 0.339 e. The second-order valence-corrected chi connectivity index (χ2v) is 11.4. The number of nitrogens with zero attached hydrogens (tertiary/aromatic N) is 3. The second kappa shape index (κ2) is 13.7. The second-order valence-electron chi connectivity index (χ2n) is 11.4. The van der Waals surface area contributed by atoms with E-state index in [4.69, 9.17) is 0 Å². The van der Waals surface area contributed by atoms with Crippen molar-refractivity contribution in [1.29, 1.82) is 0 Å². The molecule has 0 atom stereocenters. The normalized spacial score (nSPS) is 17.5. The van der Waals surface area contributed by atoms with Crippen LogP contribution in [0.15, 0.2) is 78.9 Å². The number of hydrogen-bond donors (Lipinski definition) is 1. The molecular weight excluding hydrogens is 586 g/mol. The Morgan fingerprint density at radius 1 is 0.909 bits per heavy atom. The van der Waals surface area contributed by atoms with E-state index >= 15 is 8.78 Å². The number of carbonyl (C=O) groups excluding carboxylic acids is 3. The predicted molar refractivity (Wildman–Crippen MR) is 172 cm³/mol. The standard InChI is InChI=1S/C34H36F2N4O3.ClH/c1-23-8-4-5-9-27(23)32(42)37-25-14-12-24(13-15-25)33(43)40-21-18-34(35,36)29(28-10-6-7-11-30(28)40)22-31(41)39-19-16-26(17-20-39)38(2)3;/h4-15,22,26H,16-21H2,1-3H3,(H,37,42);1H/b29-22-;. The first kappa shape index (κ1) is 32.8. The molecule has 0 bridgehead atoms. The first-order valence-corrected chi connectivity index (χ1v) is 14.5. The highest BCUT2D eigenvalue weighted by atomic mass is 35.5. The highest BCUT2D eigenvalue weighted by molar-refractivity contribution is 6.10. The minimum Gasteiger partial charge on any atom is -0.339 e. The van der Waals surface area contributed by atoms with Crippen molar-refractivity contribution in [2.24, 2.45) is 0 Å². The molecule has 0 spiro atoms. The van der Waals surface area contributed by atoms with Crippen LogP contribution < -0.4 is 10.2 Å². The fourth-order valence-corrected chi connectivity index (χ4v) is 5.73.